The van der Waals surface area contributed by atoms with E-state index >= 15 is 0 Å². The number of piperidine rings is 1. The van der Waals surface area contributed by atoms with E-state index in [2.05, 4.69) is 32.6 Å². The fourth-order valence-electron chi connectivity index (χ4n) is 3.94. The maximum atomic E-state index is 6.70. The highest BCUT2D eigenvalue weighted by Crippen LogP contribution is 2.31. The minimum absolute atomic E-state index is 0.283. The highest BCUT2D eigenvalue weighted by molar-refractivity contribution is 4.91. The number of methoxy groups -OCH3 is 2. The number of likely N-dealkylation sites (tertiary alicyclic amines) is 1. The molecule has 0 aromatic carbocycles. The molecule has 0 amide bonds. The fourth-order valence-corrected chi connectivity index (χ4v) is 3.94. The number of hydrogen-bond acceptors (Lipinski definition) is 4. The van der Waals surface area contributed by atoms with Gasteiger partial charge in [0.25, 0.3) is 0 Å². The molecule has 2 N–H and O–H groups in total. The lowest BCUT2D eigenvalue weighted by Crippen LogP contribution is -2.63. The molecule has 23 heavy (non-hydrogen) atoms. The summed E-state index contributed by atoms with van der Waals surface area (Å²) in [5.74, 6) is 2.19. The van der Waals surface area contributed by atoms with Crippen molar-refractivity contribution in [2.45, 2.75) is 71.6 Å². The van der Waals surface area contributed by atoms with Crippen LogP contribution in [0.3, 0.4) is 0 Å². The normalized spacial score (nSPS) is 29.0. The van der Waals surface area contributed by atoms with Crippen LogP contribution in [0.5, 0.6) is 0 Å². The van der Waals surface area contributed by atoms with Gasteiger partial charge in [0, 0.05) is 27.3 Å². The van der Waals surface area contributed by atoms with Crippen LogP contribution in [-0.4, -0.2) is 50.6 Å². The van der Waals surface area contributed by atoms with Gasteiger partial charge in [0.05, 0.1) is 18.4 Å². The summed E-state index contributed by atoms with van der Waals surface area (Å²) in [6.07, 6.45) is 6.19. The Hall–Kier alpha value is -0.160. The molecule has 1 aliphatic heterocycles. The predicted molar refractivity (Wildman–Crippen MR) is 97.4 cm³/mol. The van der Waals surface area contributed by atoms with Crippen LogP contribution in [0.2, 0.25) is 0 Å². The topological polar surface area (TPSA) is 47.7 Å². The molecule has 1 heterocycles. The van der Waals surface area contributed by atoms with E-state index in [9.17, 15) is 0 Å². The maximum absolute atomic E-state index is 6.70. The Morgan fingerprint density at radius 3 is 2.48 bits per heavy atom. The van der Waals surface area contributed by atoms with Crippen LogP contribution in [0.25, 0.3) is 0 Å². The molecule has 4 heteroatoms. The number of nitrogens with two attached hydrogens (primary N) is 1. The van der Waals surface area contributed by atoms with E-state index in [4.69, 9.17) is 15.2 Å². The van der Waals surface area contributed by atoms with Crippen molar-refractivity contribution < 1.29 is 9.47 Å². The minimum atomic E-state index is -0.283. The Bertz CT molecular complexity index is 324. The van der Waals surface area contributed by atoms with E-state index in [1.807, 2.05) is 0 Å². The smallest absolute Gasteiger partial charge is 0.0927 e. The standard InChI is InChI=1S/C19H40N2O2/c1-15(2)11-18-7-9-19(20,14-22-5)21(13-18)10-8-16(3)12-17(4)23-6/h15-18H,7-14,20H2,1-6H3/t16?,17?,18-,19?/m1/s1. The fraction of sp³-hybridized carbons (Fsp3) is 1.00. The van der Waals surface area contributed by atoms with Crippen molar-refractivity contribution in [2.75, 3.05) is 33.9 Å². The van der Waals surface area contributed by atoms with Gasteiger partial charge in [0.1, 0.15) is 0 Å². The van der Waals surface area contributed by atoms with Crippen molar-refractivity contribution in [2.24, 2.45) is 23.5 Å². The third kappa shape index (κ3) is 7.08. The van der Waals surface area contributed by atoms with Gasteiger partial charge >= 0.3 is 0 Å². The Kier molecular flexibility index (Phi) is 9.06. The third-order valence-corrected chi connectivity index (χ3v) is 5.32. The second kappa shape index (κ2) is 9.97. The molecule has 1 fully saturated rings. The van der Waals surface area contributed by atoms with Gasteiger partial charge in [0.2, 0.25) is 0 Å². The van der Waals surface area contributed by atoms with Crippen molar-refractivity contribution in [3.05, 3.63) is 0 Å². The first-order valence-electron chi connectivity index (χ1n) is 9.36. The van der Waals surface area contributed by atoms with Crippen LogP contribution in [0.4, 0.5) is 0 Å². The summed E-state index contributed by atoms with van der Waals surface area (Å²) in [6, 6.07) is 0. The molecule has 1 rings (SSSR count). The molecule has 0 aromatic heterocycles. The lowest BCUT2D eigenvalue weighted by molar-refractivity contribution is -0.0366. The molecule has 138 valence electrons. The zero-order valence-electron chi connectivity index (χ0n) is 16.3. The van der Waals surface area contributed by atoms with Gasteiger partial charge < -0.3 is 15.2 Å². The van der Waals surface area contributed by atoms with Gasteiger partial charge in [0.15, 0.2) is 0 Å². The number of rotatable bonds is 10. The summed E-state index contributed by atoms with van der Waals surface area (Å²) in [5, 5.41) is 0. The van der Waals surface area contributed by atoms with Gasteiger partial charge in [-0.2, -0.15) is 0 Å². The summed E-state index contributed by atoms with van der Waals surface area (Å²) in [4.78, 5) is 2.50. The molecule has 0 radical (unpaired) electrons. The molecule has 1 saturated heterocycles. The van der Waals surface area contributed by atoms with E-state index in [1.165, 1.54) is 19.3 Å². The Morgan fingerprint density at radius 1 is 1.22 bits per heavy atom. The van der Waals surface area contributed by atoms with Gasteiger partial charge in [-0.3, -0.25) is 4.90 Å². The Morgan fingerprint density at radius 2 is 1.91 bits per heavy atom. The summed E-state index contributed by atoms with van der Waals surface area (Å²) in [6.45, 7) is 11.9. The Labute approximate surface area is 144 Å². The minimum Gasteiger partial charge on any atom is -0.382 e. The molecule has 4 nitrogen and oxygen atoms in total. The van der Waals surface area contributed by atoms with Crippen LogP contribution in [0, 0.1) is 17.8 Å². The maximum Gasteiger partial charge on any atom is 0.0927 e. The second-order valence-corrected chi connectivity index (χ2v) is 8.19. The van der Waals surface area contributed by atoms with Crippen LogP contribution >= 0.6 is 0 Å². The first kappa shape index (κ1) is 20.9. The van der Waals surface area contributed by atoms with Crippen LogP contribution in [0.1, 0.15) is 59.8 Å². The van der Waals surface area contributed by atoms with E-state index in [-0.39, 0.29) is 5.66 Å². The van der Waals surface area contributed by atoms with Gasteiger partial charge in [-0.1, -0.05) is 20.8 Å². The molecule has 4 atom stereocenters. The van der Waals surface area contributed by atoms with Gasteiger partial charge in [-0.05, 0) is 56.8 Å². The average molecular weight is 329 g/mol. The van der Waals surface area contributed by atoms with E-state index in [0.717, 1.165) is 37.8 Å². The quantitative estimate of drug-likeness (QED) is 0.667. The molecular weight excluding hydrogens is 288 g/mol. The van der Waals surface area contributed by atoms with Crippen molar-refractivity contribution in [1.82, 2.24) is 4.90 Å². The van der Waals surface area contributed by atoms with Crippen molar-refractivity contribution in [3.63, 3.8) is 0 Å². The molecule has 0 saturated carbocycles. The largest absolute Gasteiger partial charge is 0.382 e. The Balaban J connectivity index is 2.59. The zero-order valence-corrected chi connectivity index (χ0v) is 16.3. The number of ether oxygens (including phenoxy) is 2. The molecular formula is C19H40N2O2. The third-order valence-electron chi connectivity index (χ3n) is 5.32. The predicted octanol–water partition coefficient (Wildman–Crippen LogP) is 3.50. The van der Waals surface area contributed by atoms with Crippen LogP contribution < -0.4 is 5.73 Å². The SMILES string of the molecule is COCC1(N)CC[C@H](CC(C)C)CN1CCC(C)CC(C)OC. The first-order valence-corrected chi connectivity index (χ1v) is 9.36. The van der Waals surface area contributed by atoms with Crippen molar-refractivity contribution in [1.29, 1.82) is 0 Å². The number of hydrogen-bond donors (Lipinski definition) is 1. The monoisotopic (exact) mass is 328 g/mol. The average Bonchev–Trinajstić information content (AvgIpc) is 2.47. The second-order valence-electron chi connectivity index (χ2n) is 8.19. The van der Waals surface area contributed by atoms with Gasteiger partial charge in [-0.25, -0.2) is 0 Å². The first-order chi connectivity index (χ1) is 10.8. The van der Waals surface area contributed by atoms with Crippen LogP contribution in [0.15, 0.2) is 0 Å². The van der Waals surface area contributed by atoms with E-state index in [0.29, 0.717) is 18.6 Å². The van der Waals surface area contributed by atoms with Crippen molar-refractivity contribution >= 4 is 0 Å². The number of nitrogens with zero attached hydrogens (tertiary/aromatic N) is 1. The zero-order chi connectivity index (χ0) is 17.5. The molecule has 0 bridgehead atoms. The summed E-state index contributed by atoms with van der Waals surface area (Å²) in [7, 11) is 3.55. The van der Waals surface area contributed by atoms with E-state index < -0.39 is 0 Å². The summed E-state index contributed by atoms with van der Waals surface area (Å²) in [5.41, 5.74) is 6.41. The highest BCUT2D eigenvalue weighted by atomic mass is 16.5. The molecule has 3 unspecified atom stereocenters. The van der Waals surface area contributed by atoms with E-state index in [1.54, 1.807) is 14.2 Å². The molecule has 1 aliphatic rings. The lowest BCUT2D eigenvalue weighted by atomic mass is 9.84. The lowest BCUT2D eigenvalue weighted by Gasteiger charge is -2.47. The molecule has 0 spiro atoms. The van der Waals surface area contributed by atoms with Crippen molar-refractivity contribution in [3.8, 4) is 0 Å². The summed E-state index contributed by atoms with van der Waals surface area (Å²) < 4.78 is 10.8. The molecule has 0 aliphatic carbocycles. The highest BCUT2D eigenvalue weighted by Gasteiger charge is 2.38. The van der Waals surface area contributed by atoms with Gasteiger partial charge in [-0.15, -0.1) is 0 Å². The molecule has 0 aromatic rings. The summed E-state index contributed by atoms with van der Waals surface area (Å²) >= 11 is 0. The van der Waals surface area contributed by atoms with Crippen LogP contribution in [-0.2, 0) is 9.47 Å².